The highest BCUT2D eigenvalue weighted by Crippen LogP contribution is 1.98. The lowest BCUT2D eigenvalue weighted by atomic mass is 10.1. The number of carboxylic acid groups (broad SMARTS) is 2. The molecule has 136 valence electrons. The maximum atomic E-state index is 11.5. The Morgan fingerprint density at radius 3 is 1.83 bits per heavy atom. The summed E-state index contributed by atoms with van der Waals surface area (Å²) in [6, 6.07) is -0.809. The van der Waals surface area contributed by atoms with Crippen molar-refractivity contribution in [1.82, 2.24) is 10.6 Å². The molecule has 1 atom stereocenters. The second-order valence-corrected chi connectivity index (χ2v) is 3.89. The summed E-state index contributed by atoms with van der Waals surface area (Å²) >= 11 is 0. The summed E-state index contributed by atoms with van der Waals surface area (Å²) in [5, 5.41) is 21.4. The molecule has 8 heteroatoms. The molecule has 0 radical (unpaired) electrons. The van der Waals surface area contributed by atoms with Crippen LogP contribution in [0.4, 0.5) is 0 Å². The fourth-order valence-corrected chi connectivity index (χ4v) is 1.31. The van der Waals surface area contributed by atoms with Crippen molar-refractivity contribution in [3.05, 3.63) is 0 Å². The minimum absolute atomic E-state index is 0.00894. The lowest BCUT2D eigenvalue weighted by Gasteiger charge is -2.15. The molecule has 0 spiro atoms. The standard InChI is InChI=1S/C11H18N2O6.2C2H6/c1-2-7(11(19)12-6-10(17)18)13-8(14)4-3-5-9(15)16;2*1-2/h7H,2-6H2,1H3,(H,12,19)(H,13,14)(H,15,16)(H,17,18);2*1-2H3. The molecule has 0 aliphatic rings. The van der Waals surface area contributed by atoms with Crippen molar-refractivity contribution in [2.75, 3.05) is 6.54 Å². The average molecular weight is 334 g/mol. The van der Waals surface area contributed by atoms with Crippen LogP contribution in [0.5, 0.6) is 0 Å². The van der Waals surface area contributed by atoms with E-state index in [1.807, 2.05) is 27.7 Å². The van der Waals surface area contributed by atoms with Crippen molar-refractivity contribution in [3.63, 3.8) is 0 Å². The fraction of sp³-hybridized carbons (Fsp3) is 0.733. The van der Waals surface area contributed by atoms with Gasteiger partial charge in [0.05, 0.1) is 0 Å². The van der Waals surface area contributed by atoms with Crippen LogP contribution < -0.4 is 10.6 Å². The summed E-state index contributed by atoms with van der Waals surface area (Å²) in [6.07, 6.45) is 0.398. The minimum Gasteiger partial charge on any atom is -0.481 e. The van der Waals surface area contributed by atoms with Gasteiger partial charge in [-0.15, -0.1) is 0 Å². The van der Waals surface area contributed by atoms with Gasteiger partial charge in [-0.2, -0.15) is 0 Å². The largest absolute Gasteiger partial charge is 0.481 e. The Labute approximate surface area is 137 Å². The van der Waals surface area contributed by atoms with Crippen LogP contribution in [-0.4, -0.2) is 46.6 Å². The van der Waals surface area contributed by atoms with Crippen molar-refractivity contribution in [1.29, 1.82) is 0 Å². The van der Waals surface area contributed by atoms with Crippen LogP contribution in [0.1, 0.15) is 60.3 Å². The third-order valence-corrected chi connectivity index (χ3v) is 2.27. The third kappa shape index (κ3) is 17.8. The molecular weight excluding hydrogens is 304 g/mol. The fourth-order valence-electron chi connectivity index (χ4n) is 1.31. The monoisotopic (exact) mass is 334 g/mol. The Hall–Kier alpha value is -2.12. The van der Waals surface area contributed by atoms with Crippen LogP contribution in [0.25, 0.3) is 0 Å². The Morgan fingerprint density at radius 2 is 1.43 bits per heavy atom. The lowest BCUT2D eigenvalue weighted by Crippen LogP contribution is -2.47. The number of carbonyl (C=O) groups excluding carboxylic acids is 2. The van der Waals surface area contributed by atoms with Gasteiger partial charge in [-0.1, -0.05) is 34.6 Å². The van der Waals surface area contributed by atoms with E-state index in [4.69, 9.17) is 10.2 Å². The van der Waals surface area contributed by atoms with E-state index in [1.54, 1.807) is 6.92 Å². The molecule has 2 amide bonds. The molecule has 0 rings (SSSR count). The van der Waals surface area contributed by atoms with Crippen molar-refractivity contribution in [2.24, 2.45) is 0 Å². The molecule has 0 bridgehead atoms. The maximum absolute atomic E-state index is 11.5. The first-order chi connectivity index (χ1) is 10.9. The molecule has 23 heavy (non-hydrogen) atoms. The van der Waals surface area contributed by atoms with Gasteiger partial charge in [0.2, 0.25) is 11.8 Å². The second-order valence-electron chi connectivity index (χ2n) is 3.89. The predicted octanol–water partition coefficient (Wildman–Crippen LogP) is 1.39. The normalized spacial score (nSPS) is 9.96. The van der Waals surface area contributed by atoms with E-state index >= 15 is 0 Å². The molecule has 0 aromatic heterocycles. The Balaban J connectivity index is -0.000000919. The summed E-state index contributed by atoms with van der Waals surface area (Å²) in [6.45, 7) is 9.16. The van der Waals surface area contributed by atoms with E-state index < -0.39 is 36.3 Å². The average Bonchev–Trinajstić information content (AvgIpc) is 2.53. The van der Waals surface area contributed by atoms with E-state index in [2.05, 4.69) is 10.6 Å². The number of amides is 2. The molecule has 0 aromatic carbocycles. The van der Waals surface area contributed by atoms with Crippen LogP contribution in [0, 0.1) is 0 Å². The highest BCUT2D eigenvalue weighted by Gasteiger charge is 2.19. The number of aliphatic carboxylic acids is 2. The minimum atomic E-state index is -1.17. The van der Waals surface area contributed by atoms with Crippen LogP contribution in [0.2, 0.25) is 0 Å². The van der Waals surface area contributed by atoms with Crippen molar-refractivity contribution in [2.45, 2.75) is 66.3 Å². The van der Waals surface area contributed by atoms with Crippen LogP contribution in [0.3, 0.4) is 0 Å². The number of carboxylic acids is 2. The molecular formula is C15H30N2O6. The Bertz CT molecular complexity index is 358. The number of hydrogen-bond acceptors (Lipinski definition) is 4. The van der Waals surface area contributed by atoms with E-state index in [1.165, 1.54) is 0 Å². The molecule has 0 saturated carbocycles. The summed E-state index contributed by atoms with van der Waals surface area (Å²) in [5.74, 6) is -3.16. The molecule has 0 aromatic rings. The van der Waals surface area contributed by atoms with Gasteiger partial charge in [0.25, 0.3) is 0 Å². The van der Waals surface area contributed by atoms with Gasteiger partial charge in [-0.05, 0) is 12.8 Å². The predicted molar refractivity (Wildman–Crippen MR) is 87.1 cm³/mol. The first-order valence-electron chi connectivity index (χ1n) is 7.87. The summed E-state index contributed by atoms with van der Waals surface area (Å²) in [4.78, 5) is 43.5. The summed E-state index contributed by atoms with van der Waals surface area (Å²) in [7, 11) is 0. The van der Waals surface area contributed by atoms with E-state index in [9.17, 15) is 19.2 Å². The zero-order valence-corrected chi connectivity index (χ0v) is 14.6. The molecule has 1 unspecified atom stereocenters. The van der Waals surface area contributed by atoms with Gasteiger partial charge in [0.15, 0.2) is 0 Å². The SMILES string of the molecule is CC.CC.CCC(NC(=O)CCCC(=O)O)C(=O)NCC(=O)O. The molecule has 0 aliphatic carbocycles. The molecule has 0 heterocycles. The quantitative estimate of drug-likeness (QED) is 0.503. The Morgan fingerprint density at radius 1 is 0.913 bits per heavy atom. The number of hydrogen-bond donors (Lipinski definition) is 4. The summed E-state index contributed by atoms with van der Waals surface area (Å²) < 4.78 is 0. The molecule has 4 N–H and O–H groups in total. The second kappa shape index (κ2) is 17.9. The van der Waals surface area contributed by atoms with Crippen molar-refractivity contribution in [3.8, 4) is 0 Å². The third-order valence-electron chi connectivity index (χ3n) is 2.27. The van der Waals surface area contributed by atoms with Crippen LogP contribution in [0.15, 0.2) is 0 Å². The molecule has 0 aliphatic heterocycles. The lowest BCUT2D eigenvalue weighted by molar-refractivity contribution is -0.138. The van der Waals surface area contributed by atoms with Crippen molar-refractivity contribution >= 4 is 23.8 Å². The Kier molecular flexibility index (Phi) is 20.1. The van der Waals surface area contributed by atoms with E-state index in [0.717, 1.165) is 0 Å². The van der Waals surface area contributed by atoms with Gasteiger partial charge >= 0.3 is 11.9 Å². The van der Waals surface area contributed by atoms with Gasteiger partial charge in [-0.25, -0.2) is 0 Å². The number of carbonyl (C=O) groups is 4. The number of rotatable bonds is 9. The summed E-state index contributed by atoms with van der Waals surface area (Å²) in [5.41, 5.74) is 0. The highest BCUT2D eigenvalue weighted by atomic mass is 16.4. The van der Waals surface area contributed by atoms with Gasteiger partial charge in [0, 0.05) is 12.8 Å². The topological polar surface area (TPSA) is 133 Å². The highest BCUT2D eigenvalue weighted by molar-refractivity contribution is 5.89. The van der Waals surface area contributed by atoms with Gasteiger partial charge in [-0.3, -0.25) is 19.2 Å². The number of nitrogens with one attached hydrogen (secondary N) is 2. The van der Waals surface area contributed by atoms with Crippen LogP contribution in [-0.2, 0) is 19.2 Å². The molecule has 0 saturated heterocycles. The molecule has 0 fully saturated rings. The molecule has 8 nitrogen and oxygen atoms in total. The van der Waals surface area contributed by atoms with Gasteiger partial charge in [0.1, 0.15) is 12.6 Å². The maximum Gasteiger partial charge on any atom is 0.322 e. The van der Waals surface area contributed by atoms with E-state index in [0.29, 0.717) is 6.42 Å². The zero-order valence-electron chi connectivity index (χ0n) is 14.6. The van der Waals surface area contributed by atoms with E-state index in [-0.39, 0.29) is 19.3 Å². The first kappa shape index (κ1) is 25.8. The first-order valence-corrected chi connectivity index (χ1v) is 7.87. The zero-order chi connectivity index (χ0) is 18.8. The van der Waals surface area contributed by atoms with Crippen molar-refractivity contribution < 1.29 is 29.4 Å². The van der Waals surface area contributed by atoms with Gasteiger partial charge < -0.3 is 20.8 Å². The van der Waals surface area contributed by atoms with Crippen LogP contribution >= 0.6 is 0 Å². The smallest absolute Gasteiger partial charge is 0.322 e.